The number of thioether (sulfide) groups is 1. The number of carbonyl (C=O) groups is 1. The molecule has 4 heterocycles. The van der Waals surface area contributed by atoms with Crippen LogP contribution in [0.3, 0.4) is 0 Å². The molecule has 2 atom stereocenters. The fourth-order valence-corrected chi connectivity index (χ4v) is 7.00. The van der Waals surface area contributed by atoms with E-state index in [0.717, 1.165) is 27.3 Å². The van der Waals surface area contributed by atoms with Crippen LogP contribution in [-0.2, 0) is 15.9 Å². The molecule has 1 saturated heterocycles. The molecule has 0 bridgehead atoms. The number of hydrogen-bond acceptors (Lipinski definition) is 6. The van der Waals surface area contributed by atoms with Crippen LogP contribution in [0.25, 0.3) is 0 Å². The van der Waals surface area contributed by atoms with Crippen LogP contribution in [0.4, 0.5) is 0 Å². The summed E-state index contributed by atoms with van der Waals surface area (Å²) in [6, 6.07) is 15.4. The van der Waals surface area contributed by atoms with Gasteiger partial charge in [-0.15, -0.1) is 11.8 Å². The van der Waals surface area contributed by atoms with Gasteiger partial charge in [0.2, 0.25) is 5.43 Å². The molecule has 1 amide bonds. The van der Waals surface area contributed by atoms with Gasteiger partial charge in [-0.25, -0.2) is 0 Å². The highest BCUT2D eigenvalue weighted by Crippen LogP contribution is 2.48. The molecule has 1 N–H and O–H groups in total. The summed E-state index contributed by atoms with van der Waals surface area (Å²) in [5.41, 5.74) is 1.55. The van der Waals surface area contributed by atoms with E-state index in [4.69, 9.17) is 16.3 Å². The summed E-state index contributed by atoms with van der Waals surface area (Å²) in [7, 11) is 2.09. The standard InChI is InChI=1S/C24H21BClN3O4S/c25-24(15-5-1-2-7-18(15)34-13-14-4-3-6-16(26)20(14)24)29-19-12-33-11-10-27(19)23(32)21-22(31)17(30)8-9-28(21)29/h1-9,19,31H,10-13,25H2/t19-,24+/m1/s1. The number of fused-ring (bicyclic) bond motifs is 4. The van der Waals surface area contributed by atoms with Gasteiger partial charge < -0.3 is 14.7 Å². The molecule has 3 aromatic rings. The smallest absolute Gasteiger partial charge is 0.278 e. The predicted molar refractivity (Wildman–Crippen MR) is 133 cm³/mol. The van der Waals surface area contributed by atoms with Crippen molar-refractivity contribution < 1.29 is 14.6 Å². The second-order valence-corrected chi connectivity index (χ2v) is 10.2. The van der Waals surface area contributed by atoms with Crippen LogP contribution >= 0.6 is 23.4 Å². The highest BCUT2D eigenvalue weighted by Gasteiger charge is 2.51. The summed E-state index contributed by atoms with van der Waals surface area (Å²) in [6.07, 6.45) is 1.09. The lowest BCUT2D eigenvalue weighted by Crippen LogP contribution is -2.71. The maximum absolute atomic E-state index is 13.5. The molecule has 0 aliphatic carbocycles. The number of aromatic nitrogens is 1. The zero-order chi connectivity index (χ0) is 23.6. The lowest BCUT2D eigenvalue weighted by Gasteiger charge is -2.56. The van der Waals surface area contributed by atoms with Gasteiger partial charge in [-0.3, -0.25) is 19.3 Å². The Balaban J connectivity index is 1.73. The Bertz CT molecular complexity index is 1400. The highest BCUT2D eigenvalue weighted by molar-refractivity contribution is 7.98. The first-order chi connectivity index (χ1) is 16.4. The van der Waals surface area contributed by atoms with Gasteiger partial charge in [-0.05, 0) is 28.8 Å². The third-order valence-electron chi connectivity index (χ3n) is 6.97. The molecule has 0 spiro atoms. The zero-order valence-electron chi connectivity index (χ0n) is 18.4. The van der Waals surface area contributed by atoms with Crippen molar-refractivity contribution in [1.82, 2.24) is 9.58 Å². The van der Waals surface area contributed by atoms with Crippen LogP contribution in [-0.4, -0.2) is 54.4 Å². The van der Waals surface area contributed by atoms with Crippen LogP contribution < -0.4 is 10.4 Å². The number of morpholine rings is 1. The van der Waals surface area contributed by atoms with E-state index in [-0.39, 0.29) is 18.2 Å². The number of rotatable bonds is 1. The summed E-state index contributed by atoms with van der Waals surface area (Å²) in [5, 5.41) is 13.4. The summed E-state index contributed by atoms with van der Waals surface area (Å²) >= 11 is 8.65. The van der Waals surface area contributed by atoms with Crippen molar-refractivity contribution >= 4 is 37.1 Å². The average Bonchev–Trinajstić information content (AvgIpc) is 2.97. The number of ether oxygens (including phenoxy) is 1. The number of nitrogens with zero attached hydrogens (tertiary/aromatic N) is 3. The van der Waals surface area contributed by atoms with E-state index >= 15 is 0 Å². The SMILES string of the molecule is B[C@]1(N2[C@@H]3COCCN3C(=O)c3c(O)c(=O)ccn32)c2ccccc2SCc2cccc(Cl)c21. The van der Waals surface area contributed by atoms with Crippen LogP contribution in [0.1, 0.15) is 27.2 Å². The molecule has 2 aromatic carbocycles. The molecule has 10 heteroatoms. The fourth-order valence-electron chi connectivity index (χ4n) is 5.48. The minimum absolute atomic E-state index is 0.0464. The molecule has 0 radical (unpaired) electrons. The Morgan fingerprint density at radius 3 is 2.82 bits per heavy atom. The van der Waals surface area contributed by atoms with E-state index in [1.165, 1.54) is 6.07 Å². The number of carbonyl (C=O) groups excluding carboxylic acids is 1. The van der Waals surface area contributed by atoms with E-state index in [0.29, 0.717) is 18.2 Å². The van der Waals surface area contributed by atoms with Gasteiger partial charge in [0, 0.05) is 34.5 Å². The molecule has 3 aliphatic rings. The van der Waals surface area contributed by atoms with Gasteiger partial charge in [0.25, 0.3) is 5.91 Å². The van der Waals surface area contributed by atoms with Gasteiger partial charge in [0.05, 0.1) is 18.7 Å². The van der Waals surface area contributed by atoms with Crippen LogP contribution in [0.15, 0.2) is 64.4 Å². The minimum atomic E-state index is -0.853. The number of amides is 1. The van der Waals surface area contributed by atoms with Crippen molar-refractivity contribution in [2.75, 3.05) is 24.8 Å². The van der Waals surface area contributed by atoms with E-state index in [1.807, 2.05) is 29.3 Å². The minimum Gasteiger partial charge on any atom is -0.502 e. The van der Waals surface area contributed by atoms with Crippen molar-refractivity contribution in [3.8, 4) is 5.75 Å². The first-order valence-electron chi connectivity index (χ1n) is 11.1. The Hall–Kier alpha value is -2.88. The Morgan fingerprint density at radius 2 is 1.97 bits per heavy atom. The summed E-state index contributed by atoms with van der Waals surface area (Å²) in [5.74, 6) is -0.205. The zero-order valence-corrected chi connectivity index (χ0v) is 20.0. The van der Waals surface area contributed by atoms with Gasteiger partial charge in [0.1, 0.15) is 14.0 Å². The van der Waals surface area contributed by atoms with Crippen LogP contribution in [0.2, 0.25) is 5.02 Å². The van der Waals surface area contributed by atoms with Gasteiger partial charge >= 0.3 is 0 Å². The number of halogens is 1. The monoisotopic (exact) mass is 493 g/mol. The molecule has 1 fully saturated rings. The van der Waals surface area contributed by atoms with E-state index in [2.05, 4.69) is 26.0 Å². The van der Waals surface area contributed by atoms with Crippen molar-refractivity contribution in [3.63, 3.8) is 0 Å². The Labute approximate surface area is 206 Å². The largest absolute Gasteiger partial charge is 0.502 e. The Kier molecular flexibility index (Phi) is 4.99. The topological polar surface area (TPSA) is 75.0 Å². The fraction of sp³-hybridized carbons (Fsp3) is 0.250. The van der Waals surface area contributed by atoms with Gasteiger partial charge in [-0.1, -0.05) is 41.9 Å². The normalized spacial score (nSPS) is 23.4. The van der Waals surface area contributed by atoms with Crippen molar-refractivity contribution in [1.29, 1.82) is 0 Å². The molecular weight excluding hydrogens is 473 g/mol. The van der Waals surface area contributed by atoms with Crippen molar-refractivity contribution in [3.05, 3.63) is 92.4 Å². The molecule has 1 aromatic heterocycles. The van der Waals surface area contributed by atoms with Crippen LogP contribution in [0, 0.1) is 0 Å². The molecule has 3 aliphatic heterocycles. The Morgan fingerprint density at radius 1 is 1.15 bits per heavy atom. The second-order valence-electron chi connectivity index (χ2n) is 8.75. The maximum atomic E-state index is 13.5. The number of aromatic hydroxyl groups is 1. The van der Waals surface area contributed by atoms with Gasteiger partial charge in [-0.2, -0.15) is 0 Å². The third-order valence-corrected chi connectivity index (χ3v) is 8.41. The quantitative estimate of drug-likeness (QED) is 0.523. The molecule has 0 unspecified atom stereocenters. The van der Waals surface area contributed by atoms with Crippen molar-refractivity contribution in [2.24, 2.45) is 0 Å². The first-order valence-corrected chi connectivity index (χ1v) is 12.4. The molecule has 7 nitrogen and oxygen atoms in total. The lowest BCUT2D eigenvalue weighted by atomic mass is 9.65. The average molecular weight is 494 g/mol. The van der Waals surface area contributed by atoms with Crippen molar-refractivity contribution in [2.45, 2.75) is 22.3 Å². The van der Waals surface area contributed by atoms with E-state index in [1.54, 1.807) is 27.5 Å². The highest BCUT2D eigenvalue weighted by atomic mass is 35.5. The van der Waals surface area contributed by atoms with Crippen LogP contribution in [0.5, 0.6) is 5.75 Å². The summed E-state index contributed by atoms with van der Waals surface area (Å²) in [4.78, 5) is 28.6. The molecule has 6 rings (SSSR count). The predicted octanol–water partition coefficient (Wildman–Crippen LogP) is 2.10. The number of benzene rings is 2. The van der Waals surface area contributed by atoms with E-state index in [9.17, 15) is 14.7 Å². The summed E-state index contributed by atoms with van der Waals surface area (Å²) in [6.45, 7) is 1.02. The third kappa shape index (κ3) is 2.90. The molecule has 34 heavy (non-hydrogen) atoms. The molecular formula is C24H21BClN3O4S. The first kappa shape index (κ1) is 21.6. The van der Waals surface area contributed by atoms with E-state index < -0.39 is 22.8 Å². The lowest BCUT2D eigenvalue weighted by molar-refractivity contribution is -0.0216. The molecule has 0 saturated carbocycles. The maximum Gasteiger partial charge on any atom is 0.278 e. The molecule has 172 valence electrons. The van der Waals surface area contributed by atoms with Gasteiger partial charge in [0.15, 0.2) is 11.4 Å². The second kappa shape index (κ2) is 7.83. The number of pyridine rings is 1. The number of hydrogen-bond donors (Lipinski definition) is 1. The summed E-state index contributed by atoms with van der Waals surface area (Å²) < 4.78 is 7.47.